The van der Waals surface area contributed by atoms with E-state index in [9.17, 15) is 18.0 Å². The summed E-state index contributed by atoms with van der Waals surface area (Å²) in [5.74, 6) is -0.405. The van der Waals surface area contributed by atoms with E-state index in [0.717, 1.165) is 6.07 Å². The molecule has 3 nitrogen and oxygen atoms in total. The van der Waals surface area contributed by atoms with Crippen molar-refractivity contribution in [2.24, 2.45) is 0 Å². The lowest BCUT2D eigenvalue weighted by Gasteiger charge is -2.16. The number of halogens is 4. The molecule has 0 saturated carbocycles. The molecule has 20 heavy (non-hydrogen) atoms. The van der Waals surface area contributed by atoms with E-state index in [1.165, 1.54) is 12.1 Å². The van der Waals surface area contributed by atoms with E-state index >= 15 is 0 Å². The first-order valence-electron chi connectivity index (χ1n) is 6.03. The lowest BCUT2D eigenvalue weighted by atomic mass is 10.1. The van der Waals surface area contributed by atoms with E-state index in [2.05, 4.69) is 5.32 Å². The second kappa shape index (κ2) is 6.83. The van der Waals surface area contributed by atoms with E-state index < -0.39 is 17.7 Å². The lowest BCUT2D eigenvalue weighted by molar-refractivity contribution is -0.143. The zero-order valence-corrected chi connectivity index (χ0v) is 11.8. The number of ether oxygens (including phenoxy) is 1. The molecule has 0 heterocycles. The molecule has 0 radical (unpaired) electrons. The van der Waals surface area contributed by atoms with Gasteiger partial charge in [-0.05, 0) is 32.0 Å². The summed E-state index contributed by atoms with van der Waals surface area (Å²) in [5.41, 5.74) is -0.661. The number of nitrogens with one attached hydrogen (secondary N) is 1. The smallest absolute Gasteiger partial charge is 0.417 e. The third-order valence-corrected chi connectivity index (χ3v) is 2.79. The normalized spacial score (nSPS) is 12.9. The van der Waals surface area contributed by atoms with Gasteiger partial charge < -0.3 is 10.1 Å². The van der Waals surface area contributed by atoms with E-state index in [1.807, 2.05) is 0 Å². The molecule has 1 atom stereocenters. The second-order valence-electron chi connectivity index (χ2n) is 4.25. The van der Waals surface area contributed by atoms with Crippen molar-refractivity contribution in [3.8, 4) is 0 Å². The molecular formula is C13H15ClF3NO2. The van der Waals surface area contributed by atoms with Crippen molar-refractivity contribution in [2.75, 3.05) is 11.9 Å². The predicted octanol–water partition coefficient (Wildman–Crippen LogP) is 4.11. The van der Waals surface area contributed by atoms with Crippen LogP contribution in [0.4, 0.5) is 18.9 Å². The Kier molecular flexibility index (Phi) is 5.68. The number of rotatable bonds is 5. The van der Waals surface area contributed by atoms with E-state index in [-0.39, 0.29) is 29.8 Å². The molecule has 1 rings (SSSR count). The maximum absolute atomic E-state index is 12.7. The summed E-state index contributed by atoms with van der Waals surface area (Å²) in [7, 11) is 0. The van der Waals surface area contributed by atoms with Gasteiger partial charge in [0.15, 0.2) is 0 Å². The Balaban J connectivity index is 2.76. The number of benzene rings is 1. The summed E-state index contributed by atoms with van der Waals surface area (Å²) in [6.07, 6.45) is -4.45. The Hall–Kier alpha value is -1.43. The van der Waals surface area contributed by atoms with Crippen LogP contribution in [-0.4, -0.2) is 18.6 Å². The van der Waals surface area contributed by atoms with Crippen LogP contribution in [0.15, 0.2) is 18.2 Å². The number of esters is 1. The molecule has 7 heteroatoms. The zero-order valence-electron chi connectivity index (χ0n) is 11.1. The van der Waals surface area contributed by atoms with Gasteiger partial charge in [-0.25, -0.2) is 0 Å². The third kappa shape index (κ3) is 4.92. The molecule has 1 aromatic rings. The number of anilines is 1. The summed E-state index contributed by atoms with van der Waals surface area (Å²) >= 11 is 5.52. The summed E-state index contributed by atoms with van der Waals surface area (Å²) in [6.45, 7) is 3.63. The summed E-state index contributed by atoms with van der Waals surface area (Å²) in [6, 6.07) is 3.17. The monoisotopic (exact) mass is 309 g/mol. The van der Waals surface area contributed by atoms with Crippen LogP contribution in [0.3, 0.4) is 0 Å². The van der Waals surface area contributed by atoms with Crippen molar-refractivity contribution in [1.29, 1.82) is 0 Å². The Morgan fingerprint density at radius 2 is 2.10 bits per heavy atom. The number of hydrogen-bond acceptors (Lipinski definition) is 3. The molecule has 1 unspecified atom stereocenters. The maximum atomic E-state index is 12.7. The van der Waals surface area contributed by atoms with Gasteiger partial charge in [0.2, 0.25) is 0 Å². The van der Waals surface area contributed by atoms with Gasteiger partial charge in [-0.1, -0.05) is 11.6 Å². The zero-order chi connectivity index (χ0) is 15.3. The van der Waals surface area contributed by atoms with Crippen molar-refractivity contribution in [1.82, 2.24) is 0 Å². The number of hydrogen-bond donors (Lipinski definition) is 1. The first-order chi connectivity index (χ1) is 9.24. The minimum Gasteiger partial charge on any atom is -0.466 e. The molecule has 0 spiro atoms. The predicted molar refractivity (Wildman–Crippen MR) is 70.8 cm³/mol. The molecule has 0 aromatic heterocycles. The molecule has 1 aromatic carbocycles. The van der Waals surface area contributed by atoms with Crippen LogP contribution in [0.25, 0.3) is 0 Å². The first kappa shape index (κ1) is 16.6. The molecule has 0 aliphatic carbocycles. The van der Waals surface area contributed by atoms with Crippen molar-refractivity contribution in [3.05, 3.63) is 28.8 Å². The van der Waals surface area contributed by atoms with Crippen LogP contribution in [0, 0.1) is 0 Å². The van der Waals surface area contributed by atoms with Gasteiger partial charge in [0.1, 0.15) is 0 Å². The molecule has 0 saturated heterocycles. The lowest BCUT2D eigenvalue weighted by Crippen LogP contribution is -2.21. The van der Waals surface area contributed by atoms with Gasteiger partial charge in [0.05, 0.1) is 23.6 Å². The molecule has 112 valence electrons. The highest BCUT2D eigenvalue weighted by Crippen LogP contribution is 2.36. The highest BCUT2D eigenvalue weighted by Gasteiger charge is 2.33. The fraction of sp³-hybridized carbons (Fsp3) is 0.462. The first-order valence-corrected chi connectivity index (χ1v) is 6.40. The molecule has 0 aliphatic heterocycles. The van der Waals surface area contributed by atoms with Crippen molar-refractivity contribution < 1.29 is 22.7 Å². The number of alkyl halides is 3. The summed E-state index contributed by atoms with van der Waals surface area (Å²) < 4.78 is 42.8. The van der Waals surface area contributed by atoms with Gasteiger partial charge in [-0.15, -0.1) is 0 Å². The standard InChI is InChI=1S/C13H15ClF3NO2/c1-3-20-12(19)6-8(2)18-9-4-5-11(14)10(7-9)13(15,16)17/h4-5,7-8,18H,3,6H2,1-2H3. The van der Waals surface area contributed by atoms with Crippen LogP contribution >= 0.6 is 11.6 Å². The summed E-state index contributed by atoms with van der Waals surface area (Å²) in [5, 5.41) is 2.45. The average molecular weight is 310 g/mol. The highest BCUT2D eigenvalue weighted by molar-refractivity contribution is 6.31. The van der Waals surface area contributed by atoms with Crippen molar-refractivity contribution in [2.45, 2.75) is 32.5 Å². The van der Waals surface area contributed by atoms with Crippen LogP contribution in [-0.2, 0) is 15.7 Å². The minimum atomic E-state index is -4.51. The molecule has 0 aliphatic rings. The summed E-state index contributed by atoms with van der Waals surface area (Å²) in [4.78, 5) is 11.3. The van der Waals surface area contributed by atoms with Crippen LogP contribution in [0.5, 0.6) is 0 Å². The Morgan fingerprint density at radius 3 is 2.65 bits per heavy atom. The molecule has 0 amide bonds. The topological polar surface area (TPSA) is 38.3 Å². The van der Waals surface area contributed by atoms with Gasteiger partial charge in [-0.3, -0.25) is 4.79 Å². The fourth-order valence-electron chi connectivity index (χ4n) is 1.64. The van der Waals surface area contributed by atoms with Gasteiger partial charge >= 0.3 is 12.1 Å². The minimum absolute atomic E-state index is 0.0673. The fourth-order valence-corrected chi connectivity index (χ4v) is 1.86. The van der Waals surface area contributed by atoms with E-state index in [1.54, 1.807) is 13.8 Å². The van der Waals surface area contributed by atoms with Gasteiger partial charge in [0.25, 0.3) is 0 Å². The number of carbonyl (C=O) groups is 1. The van der Waals surface area contributed by atoms with Crippen molar-refractivity contribution in [3.63, 3.8) is 0 Å². The van der Waals surface area contributed by atoms with Crippen LogP contribution < -0.4 is 5.32 Å². The van der Waals surface area contributed by atoms with Crippen LogP contribution in [0.1, 0.15) is 25.8 Å². The largest absolute Gasteiger partial charge is 0.466 e. The quantitative estimate of drug-likeness (QED) is 0.832. The second-order valence-corrected chi connectivity index (χ2v) is 4.65. The Bertz CT molecular complexity index is 477. The number of carbonyl (C=O) groups excluding carboxylic acids is 1. The highest BCUT2D eigenvalue weighted by atomic mass is 35.5. The molecule has 0 fully saturated rings. The molecular weight excluding hydrogens is 295 g/mol. The SMILES string of the molecule is CCOC(=O)CC(C)Nc1ccc(Cl)c(C(F)(F)F)c1. The van der Waals surface area contributed by atoms with Gasteiger partial charge in [-0.2, -0.15) is 13.2 Å². The molecule has 0 bridgehead atoms. The molecule has 1 N–H and O–H groups in total. The van der Waals surface area contributed by atoms with Gasteiger partial charge in [0, 0.05) is 11.7 Å². The Morgan fingerprint density at radius 1 is 1.45 bits per heavy atom. The third-order valence-electron chi connectivity index (χ3n) is 2.46. The van der Waals surface area contributed by atoms with Crippen LogP contribution in [0.2, 0.25) is 5.02 Å². The maximum Gasteiger partial charge on any atom is 0.417 e. The average Bonchev–Trinajstić information content (AvgIpc) is 2.30. The van der Waals surface area contributed by atoms with E-state index in [0.29, 0.717) is 0 Å². The Labute approximate surface area is 120 Å². The van der Waals surface area contributed by atoms with Crippen molar-refractivity contribution >= 4 is 23.3 Å². The van der Waals surface area contributed by atoms with E-state index in [4.69, 9.17) is 16.3 Å².